The molecule has 2 aromatic carbocycles. The molecule has 1 amide bonds. The SMILES string of the molecule is COC(=O)C(Cc1c[nH]c2ccccc12)NC(=O)CCn1cnc2ccc(Br)cc2c1=O. The molecule has 9 heteroatoms. The molecule has 4 rings (SSSR count). The molecule has 1 atom stereocenters. The number of para-hydroxylation sites is 1. The van der Waals surface area contributed by atoms with E-state index in [1.54, 1.807) is 12.1 Å². The number of carbonyl (C=O) groups is 2. The maximum absolute atomic E-state index is 12.7. The highest BCUT2D eigenvalue weighted by Gasteiger charge is 2.23. The second kappa shape index (κ2) is 9.35. The molecule has 0 aliphatic rings. The van der Waals surface area contributed by atoms with Crippen LogP contribution in [-0.2, 0) is 27.3 Å². The van der Waals surface area contributed by atoms with E-state index >= 15 is 0 Å². The topological polar surface area (TPSA) is 106 Å². The fraction of sp³-hybridized carbons (Fsp3) is 0.217. The van der Waals surface area contributed by atoms with Crippen molar-refractivity contribution in [3.05, 3.63) is 75.4 Å². The van der Waals surface area contributed by atoms with Crippen LogP contribution in [0.25, 0.3) is 21.8 Å². The first-order chi connectivity index (χ1) is 15.5. The van der Waals surface area contributed by atoms with Gasteiger partial charge in [0.05, 0.1) is 24.3 Å². The number of rotatable bonds is 7. The molecular formula is C23H21BrN4O4. The quantitative estimate of drug-likeness (QED) is 0.382. The third-order valence-corrected chi connectivity index (χ3v) is 5.78. The second-order valence-electron chi connectivity index (χ2n) is 7.36. The van der Waals surface area contributed by atoms with Crippen molar-refractivity contribution in [2.24, 2.45) is 0 Å². The fourth-order valence-corrected chi connectivity index (χ4v) is 4.00. The average Bonchev–Trinajstić information content (AvgIpc) is 3.21. The molecule has 1 unspecified atom stereocenters. The van der Waals surface area contributed by atoms with Gasteiger partial charge in [-0.3, -0.25) is 14.2 Å². The molecule has 164 valence electrons. The van der Waals surface area contributed by atoms with Gasteiger partial charge in [-0.05, 0) is 29.8 Å². The number of halogens is 1. The minimum atomic E-state index is -0.839. The summed E-state index contributed by atoms with van der Waals surface area (Å²) in [6, 6.07) is 12.2. The Balaban J connectivity index is 1.46. The van der Waals surface area contributed by atoms with E-state index in [-0.39, 0.29) is 30.9 Å². The summed E-state index contributed by atoms with van der Waals surface area (Å²) in [6.45, 7) is 0.140. The Bertz CT molecular complexity index is 1360. The molecule has 0 aliphatic carbocycles. The van der Waals surface area contributed by atoms with Crippen LogP contribution in [0, 0.1) is 0 Å². The second-order valence-corrected chi connectivity index (χ2v) is 8.28. The van der Waals surface area contributed by atoms with Gasteiger partial charge in [-0.2, -0.15) is 0 Å². The predicted octanol–water partition coefficient (Wildman–Crippen LogP) is 2.93. The molecule has 0 aliphatic heterocycles. The summed E-state index contributed by atoms with van der Waals surface area (Å²) in [4.78, 5) is 45.0. The lowest BCUT2D eigenvalue weighted by atomic mass is 10.0. The number of methoxy groups -OCH3 is 1. The van der Waals surface area contributed by atoms with Crippen LogP contribution in [0.4, 0.5) is 0 Å². The first kappa shape index (κ1) is 21.8. The van der Waals surface area contributed by atoms with Crippen LogP contribution in [0.3, 0.4) is 0 Å². The molecule has 0 bridgehead atoms. The van der Waals surface area contributed by atoms with Gasteiger partial charge in [-0.25, -0.2) is 9.78 Å². The van der Waals surface area contributed by atoms with E-state index in [1.807, 2.05) is 36.5 Å². The molecule has 2 N–H and O–H groups in total. The van der Waals surface area contributed by atoms with Crippen molar-refractivity contribution in [1.29, 1.82) is 0 Å². The fourth-order valence-electron chi connectivity index (χ4n) is 3.63. The smallest absolute Gasteiger partial charge is 0.328 e. The summed E-state index contributed by atoms with van der Waals surface area (Å²) in [5.74, 6) is -0.889. The van der Waals surface area contributed by atoms with Crippen LogP contribution in [0.2, 0.25) is 0 Å². The number of aryl methyl sites for hydroxylation is 1. The standard InChI is InChI=1S/C23H21BrN4O4/c1-32-23(31)20(10-14-12-25-18-5-3-2-4-16(14)18)27-21(29)8-9-28-13-26-19-7-6-15(24)11-17(19)22(28)30/h2-7,11-13,20,25H,8-10H2,1H3,(H,27,29). The first-order valence-electron chi connectivity index (χ1n) is 10.0. The summed E-state index contributed by atoms with van der Waals surface area (Å²) in [5, 5.41) is 4.18. The number of esters is 1. The molecule has 0 fully saturated rings. The zero-order valence-electron chi connectivity index (χ0n) is 17.3. The summed E-state index contributed by atoms with van der Waals surface area (Å²) in [6.07, 6.45) is 3.55. The molecule has 0 saturated heterocycles. The highest BCUT2D eigenvalue weighted by molar-refractivity contribution is 9.10. The third kappa shape index (κ3) is 4.57. The van der Waals surface area contributed by atoms with Crippen LogP contribution in [0.1, 0.15) is 12.0 Å². The number of nitrogens with one attached hydrogen (secondary N) is 2. The lowest BCUT2D eigenvalue weighted by Gasteiger charge is -2.16. The Kier molecular flexibility index (Phi) is 6.36. The number of nitrogens with zero attached hydrogens (tertiary/aromatic N) is 2. The van der Waals surface area contributed by atoms with Crippen molar-refractivity contribution in [2.75, 3.05) is 7.11 Å². The number of aromatic nitrogens is 3. The van der Waals surface area contributed by atoms with E-state index in [9.17, 15) is 14.4 Å². The molecule has 4 aromatic rings. The highest BCUT2D eigenvalue weighted by Crippen LogP contribution is 2.19. The summed E-state index contributed by atoms with van der Waals surface area (Å²) >= 11 is 3.35. The number of carbonyl (C=O) groups excluding carboxylic acids is 2. The molecule has 0 spiro atoms. The number of benzene rings is 2. The van der Waals surface area contributed by atoms with E-state index in [0.717, 1.165) is 20.9 Å². The van der Waals surface area contributed by atoms with Crippen molar-refractivity contribution >= 4 is 49.6 Å². The van der Waals surface area contributed by atoms with Gasteiger partial charge >= 0.3 is 5.97 Å². The molecule has 0 saturated carbocycles. The van der Waals surface area contributed by atoms with Crippen molar-refractivity contribution in [3.8, 4) is 0 Å². The van der Waals surface area contributed by atoms with Gasteiger partial charge in [-0.1, -0.05) is 34.1 Å². The van der Waals surface area contributed by atoms with Crippen LogP contribution < -0.4 is 10.9 Å². The maximum Gasteiger partial charge on any atom is 0.328 e. The molecule has 32 heavy (non-hydrogen) atoms. The molecule has 2 aromatic heterocycles. The first-order valence-corrected chi connectivity index (χ1v) is 10.8. The number of hydrogen-bond donors (Lipinski definition) is 2. The lowest BCUT2D eigenvalue weighted by Crippen LogP contribution is -2.43. The summed E-state index contributed by atoms with van der Waals surface area (Å²) in [5.41, 5.74) is 2.21. The highest BCUT2D eigenvalue weighted by atomic mass is 79.9. The Morgan fingerprint density at radius 1 is 1.22 bits per heavy atom. The van der Waals surface area contributed by atoms with Gasteiger partial charge in [0.2, 0.25) is 5.91 Å². The van der Waals surface area contributed by atoms with Gasteiger partial charge < -0.3 is 15.0 Å². The van der Waals surface area contributed by atoms with Gasteiger partial charge in [0, 0.05) is 41.0 Å². The molecule has 0 radical (unpaired) electrons. The van der Waals surface area contributed by atoms with Crippen LogP contribution in [-0.4, -0.2) is 39.6 Å². The Morgan fingerprint density at radius 3 is 2.84 bits per heavy atom. The van der Waals surface area contributed by atoms with E-state index in [0.29, 0.717) is 10.9 Å². The monoisotopic (exact) mass is 496 g/mol. The number of amides is 1. The predicted molar refractivity (Wildman–Crippen MR) is 124 cm³/mol. The van der Waals surface area contributed by atoms with Crippen molar-refractivity contribution in [1.82, 2.24) is 19.9 Å². The Morgan fingerprint density at radius 2 is 2.03 bits per heavy atom. The van der Waals surface area contributed by atoms with E-state index < -0.39 is 12.0 Å². The molecule has 8 nitrogen and oxygen atoms in total. The summed E-state index contributed by atoms with van der Waals surface area (Å²) in [7, 11) is 1.29. The lowest BCUT2D eigenvalue weighted by molar-refractivity contribution is -0.145. The van der Waals surface area contributed by atoms with E-state index in [1.165, 1.54) is 18.0 Å². The largest absolute Gasteiger partial charge is 0.467 e. The molecule has 2 heterocycles. The Labute approximate surface area is 191 Å². The number of H-pyrrole nitrogens is 1. The normalized spacial score (nSPS) is 12.1. The van der Waals surface area contributed by atoms with Crippen LogP contribution >= 0.6 is 15.9 Å². The number of aromatic amines is 1. The minimum Gasteiger partial charge on any atom is -0.467 e. The van der Waals surface area contributed by atoms with E-state index in [4.69, 9.17) is 4.74 Å². The zero-order valence-corrected chi connectivity index (χ0v) is 18.9. The van der Waals surface area contributed by atoms with Gasteiger partial charge in [0.1, 0.15) is 6.04 Å². The minimum absolute atomic E-state index is 0.0163. The van der Waals surface area contributed by atoms with Gasteiger partial charge in [0.25, 0.3) is 5.56 Å². The molecular weight excluding hydrogens is 476 g/mol. The number of hydrogen-bond acceptors (Lipinski definition) is 5. The zero-order chi connectivity index (χ0) is 22.7. The van der Waals surface area contributed by atoms with Gasteiger partial charge in [-0.15, -0.1) is 0 Å². The number of ether oxygens (including phenoxy) is 1. The van der Waals surface area contributed by atoms with Gasteiger partial charge in [0.15, 0.2) is 0 Å². The van der Waals surface area contributed by atoms with E-state index in [2.05, 4.69) is 31.2 Å². The third-order valence-electron chi connectivity index (χ3n) is 5.29. The van der Waals surface area contributed by atoms with Crippen LogP contribution in [0.15, 0.2) is 64.3 Å². The van der Waals surface area contributed by atoms with Crippen molar-refractivity contribution in [3.63, 3.8) is 0 Å². The maximum atomic E-state index is 12.7. The van der Waals surface area contributed by atoms with Crippen molar-refractivity contribution < 1.29 is 14.3 Å². The Hall–Kier alpha value is -3.46. The van der Waals surface area contributed by atoms with Crippen molar-refractivity contribution in [2.45, 2.75) is 25.4 Å². The average molecular weight is 497 g/mol. The number of fused-ring (bicyclic) bond motifs is 2. The van der Waals surface area contributed by atoms with Crippen LogP contribution in [0.5, 0.6) is 0 Å². The summed E-state index contributed by atoms with van der Waals surface area (Å²) < 4.78 is 7.05.